The minimum atomic E-state index is -1.08. The lowest BCUT2D eigenvalue weighted by molar-refractivity contribution is -0.137. The van der Waals surface area contributed by atoms with Gasteiger partial charge in [0.25, 0.3) is 0 Å². The van der Waals surface area contributed by atoms with Crippen LogP contribution in [0.3, 0.4) is 0 Å². The molecule has 0 aliphatic rings. The van der Waals surface area contributed by atoms with E-state index >= 15 is 0 Å². The number of nitrogens with two attached hydrogens (primary N) is 2. The summed E-state index contributed by atoms with van der Waals surface area (Å²) in [5, 5.41) is 10.8. The van der Waals surface area contributed by atoms with Crippen LogP contribution in [-0.2, 0) is 14.4 Å². The molecule has 0 aromatic heterocycles. The van der Waals surface area contributed by atoms with Gasteiger partial charge in [-0.25, -0.2) is 4.79 Å². The van der Waals surface area contributed by atoms with Gasteiger partial charge in [0.1, 0.15) is 13.1 Å². The van der Waals surface area contributed by atoms with E-state index in [1.54, 1.807) is 0 Å². The smallest absolute Gasteiger partial charge is 0.318 e. The van der Waals surface area contributed by atoms with E-state index in [4.69, 9.17) is 16.6 Å². The van der Waals surface area contributed by atoms with Crippen LogP contribution in [-0.4, -0.2) is 53.0 Å². The Morgan fingerprint density at radius 3 is 1.94 bits per heavy atom. The van der Waals surface area contributed by atoms with Crippen LogP contribution in [0.5, 0.6) is 0 Å². The zero-order valence-electron chi connectivity index (χ0n) is 9.88. The number of carboxylic acid groups (broad SMARTS) is 1. The van der Waals surface area contributed by atoms with Crippen LogP contribution >= 0.6 is 0 Å². The predicted molar refractivity (Wildman–Crippen MR) is 60.2 cm³/mol. The van der Waals surface area contributed by atoms with Gasteiger partial charge in [-0.05, 0) is 6.92 Å². The number of rotatable bonds is 7. The first kappa shape index (κ1) is 15.7. The number of carboxylic acids is 1. The van der Waals surface area contributed by atoms with Crippen molar-refractivity contribution in [3.05, 3.63) is 0 Å². The number of carbonyl (C=O) groups excluding carboxylic acids is 3. The van der Waals surface area contributed by atoms with Crippen LogP contribution in [0.1, 0.15) is 13.3 Å². The van der Waals surface area contributed by atoms with Crippen molar-refractivity contribution in [2.45, 2.75) is 19.4 Å². The van der Waals surface area contributed by atoms with Crippen molar-refractivity contribution in [1.82, 2.24) is 10.2 Å². The standard InChI is InChI=1S/C9H16N4O5/c1-5(2-8(16)17)12-9(18)13(3-6(10)14)4-7(11)15/h5H,2-4H2,1H3,(H2,10,14)(H2,11,15)(H,12,18)(H,16,17). The minimum absolute atomic E-state index is 0.285. The second kappa shape index (κ2) is 7.09. The highest BCUT2D eigenvalue weighted by atomic mass is 16.4. The molecule has 9 nitrogen and oxygen atoms in total. The Bertz CT molecular complexity index is 341. The molecule has 9 heteroatoms. The number of hydrogen-bond acceptors (Lipinski definition) is 4. The van der Waals surface area contributed by atoms with Gasteiger partial charge in [0.05, 0.1) is 6.42 Å². The molecule has 4 amide bonds. The molecular formula is C9H16N4O5. The Kier molecular flexibility index (Phi) is 6.18. The third-order valence-electron chi connectivity index (χ3n) is 1.83. The first-order valence-electron chi connectivity index (χ1n) is 5.06. The molecule has 0 rings (SSSR count). The molecule has 0 radical (unpaired) electrons. The molecule has 0 spiro atoms. The summed E-state index contributed by atoms with van der Waals surface area (Å²) in [7, 11) is 0. The van der Waals surface area contributed by atoms with Gasteiger partial charge in [0.15, 0.2) is 0 Å². The van der Waals surface area contributed by atoms with E-state index in [0.717, 1.165) is 4.90 Å². The number of nitrogens with one attached hydrogen (secondary N) is 1. The summed E-state index contributed by atoms with van der Waals surface area (Å²) < 4.78 is 0. The number of urea groups is 1. The SMILES string of the molecule is CC(CC(=O)O)NC(=O)N(CC(N)=O)CC(N)=O. The lowest BCUT2D eigenvalue weighted by Gasteiger charge is -2.22. The summed E-state index contributed by atoms with van der Waals surface area (Å²) in [6.07, 6.45) is -0.285. The van der Waals surface area contributed by atoms with Gasteiger partial charge in [-0.3, -0.25) is 14.4 Å². The fourth-order valence-electron chi connectivity index (χ4n) is 1.19. The summed E-state index contributed by atoms with van der Waals surface area (Å²) in [5.41, 5.74) is 9.82. The van der Waals surface area contributed by atoms with Gasteiger partial charge < -0.3 is 26.8 Å². The summed E-state index contributed by atoms with van der Waals surface area (Å²) in [6.45, 7) is 0.516. The average Bonchev–Trinajstić information content (AvgIpc) is 2.13. The van der Waals surface area contributed by atoms with Crippen LogP contribution in [0.25, 0.3) is 0 Å². The van der Waals surface area contributed by atoms with Gasteiger partial charge in [-0.2, -0.15) is 0 Å². The number of amides is 4. The second-order valence-corrected chi connectivity index (χ2v) is 3.74. The van der Waals surface area contributed by atoms with Crippen molar-refractivity contribution in [3.63, 3.8) is 0 Å². The predicted octanol–water partition coefficient (Wildman–Crippen LogP) is -2.17. The third kappa shape index (κ3) is 7.04. The van der Waals surface area contributed by atoms with E-state index in [1.165, 1.54) is 6.92 Å². The Balaban J connectivity index is 4.49. The molecule has 1 atom stereocenters. The van der Waals surface area contributed by atoms with E-state index in [0.29, 0.717) is 0 Å². The Hall–Kier alpha value is -2.32. The maximum atomic E-state index is 11.6. The summed E-state index contributed by atoms with van der Waals surface area (Å²) in [4.78, 5) is 44.3. The number of hydrogen-bond donors (Lipinski definition) is 4. The lowest BCUT2D eigenvalue weighted by Crippen LogP contribution is -2.50. The van der Waals surface area contributed by atoms with Crippen molar-refractivity contribution in [1.29, 1.82) is 0 Å². The Morgan fingerprint density at radius 1 is 1.17 bits per heavy atom. The van der Waals surface area contributed by atoms with Crippen molar-refractivity contribution < 1.29 is 24.3 Å². The zero-order chi connectivity index (χ0) is 14.3. The van der Waals surface area contributed by atoms with E-state index in [-0.39, 0.29) is 6.42 Å². The molecule has 102 valence electrons. The lowest BCUT2D eigenvalue weighted by atomic mass is 10.2. The van der Waals surface area contributed by atoms with Gasteiger partial charge in [-0.15, -0.1) is 0 Å². The molecule has 0 heterocycles. The van der Waals surface area contributed by atoms with Crippen LogP contribution < -0.4 is 16.8 Å². The van der Waals surface area contributed by atoms with E-state index in [1.807, 2.05) is 0 Å². The Morgan fingerprint density at radius 2 is 1.61 bits per heavy atom. The fraction of sp³-hybridized carbons (Fsp3) is 0.556. The minimum Gasteiger partial charge on any atom is -0.481 e. The maximum absolute atomic E-state index is 11.6. The number of primary amides is 2. The molecule has 6 N–H and O–H groups in total. The van der Waals surface area contributed by atoms with Gasteiger partial charge in [-0.1, -0.05) is 0 Å². The molecular weight excluding hydrogens is 244 g/mol. The molecule has 0 fully saturated rings. The van der Waals surface area contributed by atoms with E-state index in [9.17, 15) is 19.2 Å². The summed E-state index contributed by atoms with van der Waals surface area (Å²) in [5.74, 6) is -2.70. The highest BCUT2D eigenvalue weighted by Crippen LogP contribution is 1.95. The van der Waals surface area contributed by atoms with Crippen molar-refractivity contribution in [3.8, 4) is 0 Å². The zero-order valence-corrected chi connectivity index (χ0v) is 9.88. The molecule has 0 saturated heterocycles. The normalized spacial score (nSPS) is 11.4. The summed E-state index contributed by atoms with van der Waals surface area (Å²) in [6, 6.07) is -1.43. The largest absolute Gasteiger partial charge is 0.481 e. The molecule has 0 aliphatic carbocycles. The monoisotopic (exact) mass is 260 g/mol. The van der Waals surface area contributed by atoms with Crippen molar-refractivity contribution in [2.24, 2.45) is 11.5 Å². The number of nitrogens with zero attached hydrogens (tertiary/aromatic N) is 1. The van der Waals surface area contributed by atoms with Gasteiger partial charge in [0, 0.05) is 6.04 Å². The molecule has 1 unspecified atom stereocenters. The molecule has 0 aliphatic heterocycles. The van der Waals surface area contributed by atoms with E-state index < -0.39 is 42.9 Å². The number of carbonyl (C=O) groups is 4. The van der Waals surface area contributed by atoms with Crippen LogP contribution in [0, 0.1) is 0 Å². The van der Waals surface area contributed by atoms with Crippen molar-refractivity contribution in [2.75, 3.05) is 13.1 Å². The third-order valence-corrected chi connectivity index (χ3v) is 1.83. The topological polar surface area (TPSA) is 156 Å². The Labute approximate surface area is 103 Å². The number of aliphatic carboxylic acids is 1. The fourth-order valence-corrected chi connectivity index (χ4v) is 1.19. The van der Waals surface area contributed by atoms with E-state index in [2.05, 4.69) is 5.32 Å². The summed E-state index contributed by atoms with van der Waals surface area (Å²) >= 11 is 0. The van der Waals surface area contributed by atoms with Gasteiger partial charge in [0.2, 0.25) is 11.8 Å². The maximum Gasteiger partial charge on any atom is 0.318 e. The van der Waals surface area contributed by atoms with Crippen molar-refractivity contribution >= 4 is 23.8 Å². The molecule has 0 aromatic rings. The van der Waals surface area contributed by atoms with Crippen LogP contribution in [0.15, 0.2) is 0 Å². The molecule has 0 bridgehead atoms. The van der Waals surface area contributed by atoms with Crippen LogP contribution in [0.2, 0.25) is 0 Å². The highest BCUT2D eigenvalue weighted by molar-refractivity contribution is 5.87. The van der Waals surface area contributed by atoms with Gasteiger partial charge >= 0.3 is 12.0 Å². The first-order valence-corrected chi connectivity index (χ1v) is 5.06. The second-order valence-electron chi connectivity index (χ2n) is 3.74. The molecule has 0 aromatic carbocycles. The molecule has 0 saturated carbocycles. The molecule has 18 heavy (non-hydrogen) atoms. The average molecular weight is 260 g/mol. The quantitative estimate of drug-likeness (QED) is 0.410. The highest BCUT2D eigenvalue weighted by Gasteiger charge is 2.20. The van der Waals surface area contributed by atoms with Crippen LogP contribution in [0.4, 0.5) is 4.79 Å². The first-order chi connectivity index (χ1) is 8.22.